The summed E-state index contributed by atoms with van der Waals surface area (Å²) in [5, 5.41) is 3.26. The number of nitrogens with zero attached hydrogens (tertiary/aromatic N) is 3. The molecule has 1 aromatic carbocycles. The molecule has 144 valence electrons. The summed E-state index contributed by atoms with van der Waals surface area (Å²) >= 11 is 6.11. The van der Waals surface area contributed by atoms with Crippen molar-refractivity contribution in [3.05, 3.63) is 77.3 Å². The minimum Gasteiger partial charge on any atom is -0.495 e. The summed E-state index contributed by atoms with van der Waals surface area (Å²) < 4.78 is 5.12. The molecule has 3 rings (SSSR count). The number of nitrogens with one attached hydrogen (secondary N) is 1. The van der Waals surface area contributed by atoms with Crippen molar-refractivity contribution >= 4 is 28.9 Å². The molecule has 28 heavy (non-hydrogen) atoms. The first kappa shape index (κ1) is 19.6. The van der Waals surface area contributed by atoms with Crippen LogP contribution >= 0.6 is 11.6 Å². The molecule has 0 unspecified atom stereocenters. The van der Waals surface area contributed by atoms with Crippen LogP contribution in [0, 0.1) is 0 Å². The molecule has 0 saturated carbocycles. The zero-order chi connectivity index (χ0) is 19.9. The van der Waals surface area contributed by atoms with Gasteiger partial charge in [-0.15, -0.1) is 0 Å². The van der Waals surface area contributed by atoms with Gasteiger partial charge in [0.15, 0.2) is 0 Å². The lowest BCUT2D eigenvalue weighted by Gasteiger charge is -2.19. The maximum Gasteiger partial charge on any atom is 0.257 e. The number of hydrogen-bond acceptors (Lipinski definition) is 5. The predicted molar refractivity (Wildman–Crippen MR) is 111 cm³/mol. The first-order chi connectivity index (χ1) is 13.6. The fraction of sp³-hybridized carbons (Fsp3) is 0.190. The Morgan fingerprint density at radius 2 is 1.93 bits per heavy atom. The average Bonchev–Trinajstić information content (AvgIpc) is 2.73. The van der Waals surface area contributed by atoms with Crippen LogP contribution < -0.4 is 15.0 Å². The largest absolute Gasteiger partial charge is 0.495 e. The standard InChI is InChI=1S/C21H21ClN4O2/c1-26(10-7-15-5-8-23-9-6-15)18-11-16(13-24-14-18)21(27)25-17-3-4-20(28-2)19(22)12-17/h3-6,8-9,11-14H,7,10H2,1-2H3,(H,25,27). The second kappa shape index (κ2) is 9.19. The Kier molecular flexibility index (Phi) is 6.45. The van der Waals surface area contributed by atoms with Gasteiger partial charge in [0.2, 0.25) is 0 Å². The van der Waals surface area contributed by atoms with E-state index in [0.29, 0.717) is 22.0 Å². The zero-order valence-electron chi connectivity index (χ0n) is 15.7. The number of anilines is 2. The van der Waals surface area contributed by atoms with Gasteiger partial charge in [-0.05, 0) is 48.4 Å². The van der Waals surface area contributed by atoms with E-state index in [0.717, 1.165) is 18.7 Å². The van der Waals surface area contributed by atoms with Crippen LogP contribution in [0.5, 0.6) is 5.75 Å². The van der Waals surface area contributed by atoms with Crippen LogP contribution in [0.1, 0.15) is 15.9 Å². The molecule has 2 aromatic heterocycles. The quantitative estimate of drug-likeness (QED) is 0.652. The topological polar surface area (TPSA) is 67.3 Å². The first-order valence-electron chi connectivity index (χ1n) is 8.77. The fourth-order valence-electron chi connectivity index (χ4n) is 2.68. The van der Waals surface area contributed by atoms with E-state index < -0.39 is 0 Å². The van der Waals surface area contributed by atoms with Crippen LogP contribution in [0.15, 0.2) is 61.2 Å². The lowest BCUT2D eigenvalue weighted by molar-refractivity contribution is 0.102. The van der Waals surface area contributed by atoms with E-state index in [9.17, 15) is 4.79 Å². The van der Waals surface area contributed by atoms with E-state index in [4.69, 9.17) is 16.3 Å². The molecule has 0 saturated heterocycles. The number of amides is 1. The number of aromatic nitrogens is 2. The minimum absolute atomic E-state index is 0.252. The maximum absolute atomic E-state index is 12.6. The van der Waals surface area contributed by atoms with Gasteiger partial charge < -0.3 is 15.0 Å². The highest BCUT2D eigenvalue weighted by Gasteiger charge is 2.11. The molecule has 0 radical (unpaired) electrons. The van der Waals surface area contributed by atoms with Crippen molar-refractivity contribution in [2.24, 2.45) is 0 Å². The van der Waals surface area contributed by atoms with Gasteiger partial charge in [-0.1, -0.05) is 11.6 Å². The summed E-state index contributed by atoms with van der Waals surface area (Å²) in [6.07, 6.45) is 7.73. The molecule has 0 aliphatic heterocycles. The third kappa shape index (κ3) is 4.98. The van der Waals surface area contributed by atoms with Crippen LogP contribution in [-0.2, 0) is 6.42 Å². The molecular formula is C21H21ClN4O2. The number of likely N-dealkylation sites (N-methyl/N-ethyl adjacent to an activating group) is 1. The summed E-state index contributed by atoms with van der Waals surface area (Å²) in [5.74, 6) is 0.303. The smallest absolute Gasteiger partial charge is 0.257 e. The van der Waals surface area contributed by atoms with Gasteiger partial charge in [0.05, 0.1) is 29.6 Å². The van der Waals surface area contributed by atoms with Crippen molar-refractivity contribution in [2.75, 3.05) is 30.9 Å². The molecule has 3 aromatic rings. The number of hydrogen-bond donors (Lipinski definition) is 1. The lowest BCUT2D eigenvalue weighted by Crippen LogP contribution is -2.21. The Morgan fingerprint density at radius 1 is 1.14 bits per heavy atom. The molecule has 0 aliphatic rings. The number of carbonyl (C=O) groups excluding carboxylic acids is 1. The van der Waals surface area contributed by atoms with E-state index in [1.165, 1.54) is 5.56 Å². The SMILES string of the molecule is COc1ccc(NC(=O)c2cncc(N(C)CCc3ccncc3)c2)cc1Cl. The van der Waals surface area contributed by atoms with Gasteiger partial charge >= 0.3 is 0 Å². The van der Waals surface area contributed by atoms with Crippen molar-refractivity contribution < 1.29 is 9.53 Å². The summed E-state index contributed by atoms with van der Waals surface area (Å²) in [7, 11) is 3.52. The summed E-state index contributed by atoms with van der Waals surface area (Å²) in [6.45, 7) is 0.796. The molecule has 0 fully saturated rings. The van der Waals surface area contributed by atoms with Crippen molar-refractivity contribution in [2.45, 2.75) is 6.42 Å². The molecule has 6 nitrogen and oxygen atoms in total. The third-order valence-electron chi connectivity index (χ3n) is 4.32. The van der Waals surface area contributed by atoms with Crippen molar-refractivity contribution in [3.63, 3.8) is 0 Å². The molecule has 1 amide bonds. The summed E-state index contributed by atoms with van der Waals surface area (Å²) in [5.41, 5.74) is 3.14. The highest BCUT2D eigenvalue weighted by atomic mass is 35.5. The van der Waals surface area contributed by atoms with E-state index in [1.54, 1.807) is 50.1 Å². The maximum atomic E-state index is 12.6. The molecule has 7 heteroatoms. The molecule has 1 N–H and O–H groups in total. The monoisotopic (exact) mass is 396 g/mol. The molecule has 0 spiro atoms. The van der Waals surface area contributed by atoms with Gasteiger partial charge in [-0.2, -0.15) is 0 Å². The second-order valence-electron chi connectivity index (χ2n) is 6.26. The number of carbonyl (C=O) groups is 1. The Hall–Kier alpha value is -3.12. The van der Waals surface area contributed by atoms with Gasteiger partial charge in [0, 0.05) is 37.9 Å². The number of methoxy groups -OCH3 is 1. The van der Waals surface area contributed by atoms with Gasteiger partial charge in [-0.25, -0.2) is 0 Å². The van der Waals surface area contributed by atoms with E-state index in [1.807, 2.05) is 25.2 Å². The molecule has 0 aliphatic carbocycles. The van der Waals surface area contributed by atoms with Crippen LogP contribution in [0.4, 0.5) is 11.4 Å². The predicted octanol–water partition coefficient (Wildman–Crippen LogP) is 4.07. The van der Waals surface area contributed by atoms with Crippen LogP contribution in [0.3, 0.4) is 0 Å². The number of ether oxygens (including phenoxy) is 1. The molecule has 0 bridgehead atoms. The number of rotatable bonds is 7. The van der Waals surface area contributed by atoms with Crippen LogP contribution in [0.25, 0.3) is 0 Å². The highest BCUT2D eigenvalue weighted by Crippen LogP contribution is 2.27. The van der Waals surface area contributed by atoms with Crippen molar-refractivity contribution in [1.29, 1.82) is 0 Å². The van der Waals surface area contributed by atoms with E-state index in [-0.39, 0.29) is 5.91 Å². The van der Waals surface area contributed by atoms with E-state index >= 15 is 0 Å². The average molecular weight is 397 g/mol. The molecule has 2 heterocycles. The van der Waals surface area contributed by atoms with Crippen LogP contribution in [0.2, 0.25) is 5.02 Å². The summed E-state index contributed by atoms with van der Waals surface area (Å²) in [4.78, 5) is 22.9. The van der Waals surface area contributed by atoms with Crippen molar-refractivity contribution in [1.82, 2.24) is 9.97 Å². The van der Waals surface area contributed by atoms with Gasteiger partial charge in [0.1, 0.15) is 5.75 Å². The number of benzene rings is 1. The highest BCUT2D eigenvalue weighted by molar-refractivity contribution is 6.32. The lowest BCUT2D eigenvalue weighted by atomic mass is 10.2. The molecular weight excluding hydrogens is 376 g/mol. The second-order valence-corrected chi connectivity index (χ2v) is 6.67. The Balaban J connectivity index is 1.66. The Morgan fingerprint density at radius 3 is 2.64 bits per heavy atom. The first-order valence-corrected chi connectivity index (χ1v) is 9.14. The fourth-order valence-corrected chi connectivity index (χ4v) is 2.94. The van der Waals surface area contributed by atoms with Crippen molar-refractivity contribution in [3.8, 4) is 5.75 Å². The van der Waals surface area contributed by atoms with Gasteiger partial charge in [-0.3, -0.25) is 14.8 Å². The third-order valence-corrected chi connectivity index (χ3v) is 4.62. The number of pyridine rings is 2. The zero-order valence-corrected chi connectivity index (χ0v) is 16.5. The van der Waals surface area contributed by atoms with Crippen LogP contribution in [-0.4, -0.2) is 36.6 Å². The normalized spacial score (nSPS) is 10.4. The summed E-state index contributed by atoms with van der Waals surface area (Å²) in [6, 6.07) is 10.9. The number of halogens is 1. The Labute approximate surface area is 169 Å². The molecule has 0 atom stereocenters. The van der Waals surface area contributed by atoms with E-state index in [2.05, 4.69) is 20.2 Å². The van der Waals surface area contributed by atoms with Gasteiger partial charge in [0.25, 0.3) is 5.91 Å². The Bertz CT molecular complexity index is 950. The minimum atomic E-state index is -0.252.